The number of hydrogen-bond donors (Lipinski definition) is 1. The zero-order chi connectivity index (χ0) is 18.9. The smallest absolute Gasteiger partial charge is 0.300 e. The standard InChI is InChI=1S/C17H9Cl2F3N2OS/c18-11-4-2-1-3-9(11)7-14-15(25)24-16(26-14)23-13-8-10(17(20,21)22)5-6-12(13)19/h1-8H,(H,23,24,25)/b14-7-. The van der Waals surface area contributed by atoms with E-state index in [1.54, 1.807) is 30.3 Å². The third-order valence-electron chi connectivity index (χ3n) is 3.34. The number of benzene rings is 2. The molecule has 0 radical (unpaired) electrons. The number of nitrogens with one attached hydrogen (secondary N) is 1. The maximum atomic E-state index is 12.8. The van der Waals surface area contributed by atoms with Crippen molar-refractivity contribution in [2.24, 2.45) is 4.99 Å². The Kier molecular flexibility index (Phi) is 5.32. The molecule has 9 heteroatoms. The van der Waals surface area contributed by atoms with Gasteiger partial charge in [-0.2, -0.15) is 13.2 Å². The van der Waals surface area contributed by atoms with E-state index in [1.807, 2.05) is 0 Å². The van der Waals surface area contributed by atoms with Gasteiger partial charge in [0.2, 0.25) is 0 Å². The summed E-state index contributed by atoms with van der Waals surface area (Å²) in [6.07, 6.45) is -2.93. The minimum absolute atomic E-state index is 0.0453. The second kappa shape index (κ2) is 7.34. The highest BCUT2D eigenvalue weighted by Crippen LogP contribution is 2.36. The Morgan fingerprint density at radius 1 is 1.08 bits per heavy atom. The predicted octanol–water partition coefficient (Wildman–Crippen LogP) is 5.90. The van der Waals surface area contributed by atoms with Gasteiger partial charge in [-0.3, -0.25) is 4.79 Å². The van der Waals surface area contributed by atoms with Gasteiger partial charge in [-0.25, -0.2) is 4.99 Å². The van der Waals surface area contributed by atoms with Crippen LogP contribution in [-0.4, -0.2) is 11.1 Å². The van der Waals surface area contributed by atoms with Crippen molar-refractivity contribution in [1.29, 1.82) is 0 Å². The number of alkyl halides is 3. The molecule has 0 bridgehead atoms. The van der Waals surface area contributed by atoms with E-state index in [4.69, 9.17) is 23.2 Å². The molecule has 3 rings (SSSR count). The van der Waals surface area contributed by atoms with Gasteiger partial charge in [-0.15, -0.1) is 0 Å². The van der Waals surface area contributed by atoms with Crippen molar-refractivity contribution in [2.45, 2.75) is 6.18 Å². The molecule has 3 nitrogen and oxygen atoms in total. The van der Waals surface area contributed by atoms with Crippen LogP contribution >= 0.6 is 35.0 Å². The lowest BCUT2D eigenvalue weighted by Gasteiger charge is -2.08. The molecule has 1 fully saturated rings. The van der Waals surface area contributed by atoms with Crippen LogP contribution in [0.5, 0.6) is 0 Å². The molecule has 1 N–H and O–H groups in total. The summed E-state index contributed by atoms with van der Waals surface area (Å²) < 4.78 is 38.5. The third kappa shape index (κ3) is 4.23. The van der Waals surface area contributed by atoms with E-state index in [2.05, 4.69) is 10.3 Å². The maximum Gasteiger partial charge on any atom is 0.416 e. The van der Waals surface area contributed by atoms with Gasteiger partial charge >= 0.3 is 6.18 Å². The molecule has 1 aliphatic heterocycles. The van der Waals surface area contributed by atoms with Crippen LogP contribution in [0.1, 0.15) is 11.1 Å². The summed E-state index contributed by atoms with van der Waals surface area (Å²) in [7, 11) is 0. The molecule has 0 atom stereocenters. The zero-order valence-corrected chi connectivity index (χ0v) is 15.1. The van der Waals surface area contributed by atoms with Gasteiger partial charge in [0.15, 0.2) is 5.17 Å². The van der Waals surface area contributed by atoms with Crippen LogP contribution in [0.25, 0.3) is 6.08 Å². The van der Waals surface area contributed by atoms with Gasteiger partial charge < -0.3 is 5.32 Å². The Bertz CT molecular complexity index is 942. The number of carbonyl (C=O) groups excluding carboxylic acids is 1. The van der Waals surface area contributed by atoms with E-state index in [0.717, 1.165) is 30.0 Å². The lowest BCUT2D eigenvalue weighted by atomic mass is 10.2. The number of hydrogen-bond acceptors (Lipinski definition) is 3. The van der Waals surface area contributed by atoms with Crippen molar-refractivity contribution in [3.05, 3.63) is 68.5 Å². The van der Waals surface area contributed by atoms with Crippen molar-refractivity contribution in [1.82, 2.24) is 5.32 Å². The summed E-state index contributed by atoms with van der Waals surface area (Å²) >= 11 is 13.0. The molecule has 1 aliphatic rings. The second-order valence-electron chi connectivity index (χ2n) is 5.17. The fourth-order valence-corrected chi connectivity index (χ4v) is 3.27. The van der Waals surface area contributed by atoms with Crippen molar-refractivity contribution >= 4 is 57.8 Å². The highest BCUT2D eigenvalue weighted by molar-refractivity contribution is 8.18. The molecule has 0 unspecified atom stereocenters. The zero-order valence-electron chi connectivity index (χ0n) is 12.8. The van der Waals surface area contributed by atoms with E-state index in [9.17, 15) is 18.0 Å². The quantitative estimate of drug-likeness (QED) is 0.618. The molecular formula is C17H9Cl2F3N2OS. The number of amidine groups is 1. The van der Waals surface area contributed by atoms with E-state index in [1.165, 1.54) is 0 Å². The summed E-state index contributed by atoms with van der Waals surface area (Å²) in [5.41, 5.74) is -0.309. The summed E-state index contributed by atoms with van der Waals surface area (Å²) in [6.45, 7) is 0. The Hall–Kier alpha value is -1.96. The van der Waals surface area contributed by atoms with Crippen molar-refractivity contribution in [3.63, 3.8) is 0 Å². The number of carbonyl (C=O) groups is 1. The number of rotatable bonds is 2. The van der Waals surface area contributed by atoms with Gasteiger partial charge in [0.25, 0.3) is 5.91 Å². The van der Waals surface area contributed by atoms with Gasteiger partial charge in [0.05, 0.1) is 21.2 Å². The lowest BCUT2D eigenvalue weighted by Crippen LogP contribution is -2.19. The number of amides is 1. The van der Waals surface area contributed by atoms with Crippen LogP contribution in [0.3, 0.4) is 0 Å². The molecule has 0 spiro atoms. The first kappa shape index (κ1) is 18.8. The van der Waals surface area contributed by atoms with Crippen LogP contribution < -0.4 is 5.32 Å². The highest BCUT2D eigenvalue weighted by atomic mass is 35.5. The molecule has 0 aromatic heterocycles. The third-order valence-corrected chi connectivity index (χ3v) is 4.91. The minimum Gasteiger partial charge on any atom is -0.300 e. The Morgan fingerprint density at radius 2 is 1.81 bits per heavy atom. The molecular weight excluding hydrogens is 408 g/mol. The molecule has 1 saturated heterocycles. The van der Waals surface area contributed by atoms with Gasteiger partial charge in [0, 0.05) is 5.02 Å². The predicted molar refractivity (Wildman–Crippen MR) is 98.7 cm³/mol. The molecule has 26 heavy (non-hydrogen) atoms. The van der Waals surface area contributed by atoms with Crippen molar-refractivity contribution in [3.8, 4) is 0 Å². The van der Waals surface area contributed by atoms with Gasteiger partial charge in [-0.1, -0.05) is 41.4 Å². The molecule has 1 heterocycles. The van der Waals surface area contributed by atoms with Crippen LogP contribution in [-0.2, 0) is 11.0 Å². The maximum absolute atomic E-state index is 12.8. The summed E-state index contributed by atoms with van der Waals surface area (Å²) in [5, 5.41) is 3.15. The lowest BCUT2D eigenvalue weighted by molar-refractivity contribution is -0.137. The average Bonchev–Trinajstić information content (AvgIpc) is 2.90. The Labute approximate surface area is 160 Å². The first-order valence-electron chi connectivity index (χ1n) is 7.15. The van der Waals surface area contributed by atoms with Crippen LogP contribution in [0.2, 0.25) is 10.0 Å². The van der Waals surface area contributed by atoms with Crippen LogP contribution in [0, 0.1) is 0 Å². The van der Waals surface area contributed by atoms with Crippen molar-refractivity contribution in [2.75, 3.05) is 0 Å². The molecule has 2 aromatic carbocycles. The summed E-state index contributed by atoms with van der Waals surface area (Å²) in [6, 6.07) is 9.77. The van der Waals surface area contributed by atoms with E-state index in [0.29, 0.717) is 15.5 Å². The average molecular weight is 417 g/mol. The minimum atomic E-state index is -4.51. The molecule has 0 aliphatic carbocycles. The molecule has 2 aromatic rings. The Balaban J connectivity index is 1.91. The fourth-order valence-electron chi connectivity index (χ4n) is 2.10. The summed E-state index contributed by atoms with van der Waals surface area (Å²) in [5.74, 6) is -0.420. The fraction of sp³-hybridized carbons (Fsp3) is 0.0588. The topological polar surface area (TPSA) is 41.5 Å². The number of aliphatic imine (C=N–C) groups is 1. The van der Waals surface area contributed by atoms with Gasteiger partial charge in [0.1, 0.15) is 0 Å². The molecule has 0 saturated carbocycles. The van der Waals surface area contributed by atoms with Crippen LogP contribution in [0.15, 0.2) is 52.4 Å². The first-order chi connectivity index (χ1) is 12.2. The highest BCUT2D eigenvalue weighted by Gasteiger charge is 2.31. The molecule has 1 amide bonds. The molecule has 134 valence electrons. The number of halogens is 5. The van der Waals surface area contributed by atoms with Crippen molar-refractivity contribution < 1.29 is 18.0 Å². The number of nitrogens with zero attached hydrogens (tertiary/aromatic N) is 1. The Morgan fingerprint density at radius 3 is 2.50 bits per heavy atom. The summed E-state index contributed by atoms with van der Waals surface area (Å²) in [4.78, 5) is 16.4. The van der Waals surface area contributed by atoms with Crippen LogP contribution in [0.4, 0.5) is 18.9 Å². The number of thioether (sulfide) groups is 1. The second-order valence-corrected chi connectivity index (χ2v) is 7.01. The van der Waals surface area contributed by atoms with E-state index < -0.39 is 17.6 Å². The largest absolute Gasteiger partial charge is 0.416 e. The first-order valence-corrected chi connectivity index (χ1v) is 8.72. The monoisotopic (exact) mass is 416 g/mol. The van der Waals surface area contributed by atoms with E-state index in [-0.39, 0.29) is 15.9 Å². The van der Waals surface area contributed by atoms with E-state index >= 15 is 0 Å². The van der Waals surface area contributed by atoms with Gasteiger partial charge in [-0.05, 0) is 47.7 Å². The normalized spacial score (nSPS) is 17.8. The SMILES string of the molecule is O=C1NC(=Nc2cc(C(F)(F)F)ccc2Cl)S/C1=C\c1ccccc1Cl.